The number of benzene rings is 1. The van der Waals surface area contributed by atoms with Crippen LogP contribution in [0.3, 0.4) is 0 Å². The van der Waals surface area contributed by atoms with E-state index in [0.29, 0.717) is 0 Å². The molecular formula is C13H19NO2S. The summed E-state index contributed by atoms with van der Waals surface area (Å²) in [7, 11) is 0. The van der Waals surface area contributed by atoms with E-state index >= 15 is 0 Å². The van der Waals surface area contributed by atoms with Gasteiger partial charge in [0.05, 0.1) is 0 Å². The lowest BCUT2D eigenvalue weighted by atomic mass is 10.00. The number of carboxylic acids is 1. The summed E-state index contributed by atoms with van der Waals surface area (Å²) in [4.78, 5) is 10.8. The van der Waals surface area contributed by atoms with Gasteiger partial charge in [-0.15, -0.1) is 0 Å². The fourth-order valence-electron chi connectivity index (χ4n) is 1.47. The van der Waals surface area contributed by atoms with Crippen molar-refractivity contribution in [3.8, 4) is 0 Å². The molecule has 0 amide bonds. The molecule has 1 aromatic rings. The Morgan fingerprint density at radius 1 is 1.35 bits per heavy atom. The highest BCUT2D eigenvalue weighted by molar-refractivity contribution is 7.99. The number of carboxylic acid groups (broad SMARTS) is 1. The molecule has 17 heavy (non-hydrogen) atoms. The molecule has 0 saturated carbocycles. The lowest BCUT2D eigenvalue weighted by molar-refractivity contribution is -0.139. The van der Waals surface area contributed by atoms with Gasteiger partial charge in [0.1, 0.15) is 6.04 Å². The zero-order chi connectivity index (χ0) is 12.8. The molecule has 0 saturated heterocycles. The fourth-order valence-corrected chi connectivity index (χ4v) is 2.59. The summed E-state index contributed by atoms with van der Waals surface area (Å²) < 4.78 is 0. The van der Waals surface area contributed by atoms with E-state index in [1.807, 2.05) is 32.0 Å². The van der Waals surface area contributed by atoms with Crippen LogP contribution < -0.4 is 5.73 Å². The minimum atomic E-state index is -0.926. The topological polar surface area (TPSA) is 63.3 Å². The van der Waals surface area contributed by atoms with Gasteiger partial charge >= 0.3 is 5.97 Å². The lowest BCUT2D eigenvalue weighted by Gasteiger charge is -2.22. The van der Waals surface area contributed by atoms with Crippen molar-refractivity contribution >= 4 is 17.7 Å². The van der Waals surface area contributed by atoms with Crippen LogP contribution in [0.5, 0.6) is 0 Å². The third kappa shape index (κ3) is 4.40. The number of aliphatic carboxylic acids is 1. The van der Waals surface area contributed by atoms with Crippen LogP contribution in [0.4, 0.5) is 0 Å². The van der Waals surface area contributed by atoms with E-state index in [-0.39, 0.29) is 11.2 Å². The molecule has 0 aromatic heterocycles. The molecule has 94 valence electrons. The highest BCUT2D eigenvalue weighted by Crippen LogP contribution is 2.24. The van der Waals surface area contributed by atoms with Crippen molar-refractivity contribution in [1.29, 1.82) is 0 Å². The Hall–Kier alpha value is -1.00. The molecule has 3 atom stereocenters. The van der Waals surface area contributed by atoms with Crippen molar-refractivity contribution in [3.05, 3.63) is 35.9 Å². The van der Waals surface area contributed by atoms with Gasteiger partial charge in [-0.1, -0.05) is 44.2 Å². The lowest BCUT2D eigenvalue weighted by Crippen LogP contribution is -2.40. The van der Waals surface area contributed by atoms with Gasteiger partial charge in [0.15, 0.2) is 0 Å². The van der Waals surface area contributed by atoms with Crippen LogP contribution in [0, 0.1) is 5.92 Å². The Kier molecular flexibility index (Phi) is 5.51. The Morgan fingerprint density at radius 3 is 2.47 bits per heavy atom. The van der Waals surface area contributed by atoms with Crippen molar-refractivity contribution < 1.29 is 9.90 Å². The number of hydrogen-bond acceptors (Lipinski definition) is 3. The van der Waals surface area contributed by atoms with Gasteiger partial charge in [0.25, 0.3) is 0 Å². The van der Waals surface area contributed by atoms with E-state index < -0.39 is 12.0 Å². The van der Waals surface area contributed by atoms with Crippen LogP contribution in [-0.4, -0.2) is 22.4 Å². The third-order valence-electron chi connectivity index (χ3n) is 2.95. The average Bonchev–Trinajstić information content (AvgIpc) is 2.35. The van der Waals surface area contributed by atoms with E-state index in [2.05, 4.69) is 12.1 Å². The van der Waals surface area contributed by atoms with Gasteiger partial charge in [0, 0.05) is 11.0 Å². The van der Waals surface area contributed by atoms with Crippen molar-refractivity contribution in [2.75, 3.05) is 0 Å². The Balaban J connectivity index is 2.44. The normalized spacial score (nSPS) is 16.2. The molecule has 0 aliphatic rings. The van der Waals surface area contributed by atoms with E-state index in [9.17, 15) is 4.79 Å². The molecule has 0 heterocycles. The Bertz CT molecular complexity index is 356. The minimum Gasteiger partial charge on any atom is -0.480 e. The van der Waals surface area contributed by atoms with Crippen LogP contribution in [0.1, 0.15) is 19.4 Å². The first-order valence-electron chi connectivity index (χ1n) is 5.66. The van der Waals surface area contributed by atoms with Gasteiger partial charge in [-0.2, -0.15) is 11.8 Å². The number of thioether (sulfide) groups is 1. The van der Waals surface area contributed by atoms with Crippen LogP contribution in [-0.2, 0) is 10.5 Å². The molecular weight excluding hydrogens is 234 g/mol. The van der Waals surface area contributed by atoms with Crippen LogP contribution in [0.2, 0.25) is 0 Å². The van der Waals surface area contributed by atoms with E-state index in [4.69, 9.17) is 10.8 Å². The second kappa shape index (κ2) is 6.67. The molecule has 0 aliphatic carbocycles. The van der Waals surface area contributed by atoms with Crippen LogP contribution in [0.25, 0.3) is 0 Å². The summed E-state index contributed by atoms with van der Waals surface area (Å²) in [5.74, 6) is -0.0792. The quantitative estimate of drug-likeness (QED) is 0.817. The van der Waals surface area contributed by atoms with Gasteiger partial charge in [-0.05, 0) is 11.5 Å². The largest absolute Gasteiger partial charge is 0.480 e. The summed E-state index contributed by atoms with van der Waals surface area (Å²) in [5, 5.41) is 9.08. The predicted octanol–water partition coefficient (Wildman–Crippen LogP) is 2.36. The number of rotatable bonds is 6. The summed E-state index contributed by atoms with van der Waals surface area (Å²) in [5.41, 5.74) is 6.87. The maximum atomic E-state index is 10.8. The summed E-state index contributed by atoms with van der Waals surface area (Å²) >= 11 is 1.74. The molecule has 3 N–H and O–H groups in total. The summed E-state index contributed by atoms with van der Waals surface area (Å²) in [6, 6.07) is 9.36. The first-order chi connectivity index (χ1) is 8.02. The molecule has 3 nitrogen and oxygen atoms in total. The Morgan fingerprint density at radius 2 is 1.94 bits per heavy atom. The monoisotopic (exact) mass is 253 g/mol. The van der Waals surface area contributed by atoms with Crippen molar-refractivity contribution in [1.82, 2.24) is 0 Å². The van der Waals surface area contributed by atoms with Gasteiger partial charge in [-0.3, -0.25) is 4.79 Å². The zero-order valence-corrected chi connectivity index (χ0v) is 11.0. The first-order valence-corrected chi connectivity index (χ1v) is 6.71. The van der Waals surface area contributed by atoms with Crippen LogP contribution >= 0.6 is 11.8 Å². The molecule has 0 radical (unpaired) electrons. The van der Waals surface area contributed by atoms with Crippen LogP contribution in [0.15, 0.2) is 30.3 Å². The SMILES string of the molecule is CC(SCc1ccccc1)C(C)[C@H](N)C(=O)O. The minimum absolute atomic E-state index is 0.0405. The average molecular weight is 253 g/mol. The highest BCUT2D eigenvalue weighted by atomic mass is 32.2. The van der Waals surface area contributed by atoms with Gasteiger partial charge in [0.2, 0.25) is 0 Å². The van der Waals surface area contributed by atoms with E-state index in [1.54, 1.807) is 11.8 Å². The molecule has 0 spiro atoms. The standard InChI is InChI=1S/C13H19NO2S/c1-9(12(14)13(15)16)10(2)17-8-11-6-4-3-5-7-11/h3-7,9-10,12H,8,14H2,1-2H3,(H,15,16)/t9?,10?,12-/m0/s1. The second-order valence-corrected chi connectivity index (χ2v) is 5.59. The molecule has 1 rings (SSSR count). The molecule has 0 aliphatic heterocycles. The zero-order valence-electron chi connectivity index (χ0n) is 10.2. The Labute approximate surface area is 106 Å². The predicted molar refractivity (Wildman–Crippen MR) is 72.0 cm³/mol. The fraction of sp³-hybridized carbons (Fsp3) is 0.462. The van der Waals surface area contributed by atoms with Crippen molar-refractivity contribution in [2.24, 2.45) is 11.7 Å². The third-order valence-corrected chi connectivity index (χ3v) is 4.40. The molecule has 4 heteroatoms. The maximum absolute atomic E-state index is 10.8. The molecule has 1 aromatic carbocycles. The van der Waals surface area contributed by atoms with Gasteiger partial charge in [-0.25, -0.2) is 0 Å². The first kappa shape index (κ1) is 14.1. The summed E-state index contributed by atoms with van der Waals surface area (Å²) in [6.45, 7) is 3.92. The van der Waals surface area contributed by atoms with Crippen molar-refractivity contribution in [2.45, 2.75) is 30.9 Å². The van der Waals surface area contributed by atoms with Crippen molar-refractivity contribution in [3.63, 3.8) is 0 Å². The smallest absolute Gasteiger partial charge is 0.320 e. The maximum Gasteiger partial charge on any atom is 0.320 e. The highest BCUT2D eigenvalue weighted by Gasteiger charge is 2.25. The van der Waals surface area contributed by atoms with Gasteiger partial charge < -0.3 is 10.8 Å². The molecule has 0 bridgehead atoms. The number of hydrogen-bond donors (Lipinski definition) is 2. The second-order valence-electron chi connectivity index (χ2n) is 4.22. The van der Waals surface area contributed by atoms with E-state index in [1.165, 1.54) is 5.56 Å². The number of carbonyl (C=O) groups is 1. The van der Waals surface area contributed by atoms with E-state index in [0.717, 1.165) is 5.75 Å². The molecule has 0 fully saturated rings. The summed E-state index contributed by atoms with van der Waals surface area (Å²) in [6.07, 6.45) is 0. The number of nitrogens with two attached hydrogens (primary N) is 1. The molecule has 2 unspecified atom stereocenters.